The number of aliphatic hydroxyl groups excluding tert-OH is 1. The minimum Gasteiger partial charge on any atom is -0.490 e. The molecule has 0 radical (unpaired) electrons. The van der Waals surface area contributed by atoms with Crippen molar-refractivity contribution >= 4 is 5.91 Å². The lowest BCUT2D eigenvalue weighted by Gasteiger charge is -2.32. The van der Waals surface area contributed by atoms with Crippen LogP contribution in [0, 0.1) is 5.92 Å². The van der Waals surface area contributed by atoms with Gasteiger partial charge in [0.1, 0.15) is 5.75 Å². The van der Waals surface area contributed by atoms with Crippen LogP contribution in [0.4, 0.5) is 0 Å². The van der Waals surface area contributed by atoms with Crippen LogP contribution in [0.5, 0.6) is 5.75 Å². The Labute approximate surface area is 120 Å². The van der Waals surface area contributed by atoms with Gasteiger partial charge in [-0.1, -0.05) is 12.1 Å². The van der Waals surface area contributed by atoms with Gasteiger partial charge in [0.25, 0.3) is 5.91 Å². The number of hydrogen-bond donors (Lipinski definition) is 1. The Morgan fingerprint density at radius 3 is 2.90 bits per heavy atom. The molecule has 1 saturated heterocycles. The van der Waals surface area contributed by atoms with Crippen LogP contribution in [0.3, 0.4) is 0 Å². The maximum Gasteiger partial charge on any atom is 0.257 e. The van der Waals surface area contributed by atoms with Gasteiger partial charge < -0.3 is 14.7 Å². The van der Waals surface area contributed by atoms with Crippen LogP contribution in [-0.2, 0) is 0 Å². The molecule has 1 atom stereocenters. The highest BCUT2D eigenvalue weighted by molar-refractivity contribution is 5.97. The summed E-state index contributed by atoms with van der Waals surface area (Å²) in [6.45, 7) is 5.43. The van der Waals surface area contributed by atoms with Crippen molar-refractivity contribution in [2.45, 2.75) is 32.8 Å². The molecule has 0 spiro atoms. The monoisotopic (exact) mass is 277 g/mol. The Morgan fingerprint density at radius 2 is 2.20 bits per heavy atom. The molecule has 2 rings (SSSR count). The van der Waals surface area contributed by atoms with E-state index in [0.717, 1.165) is 19.4 Å². The molecule has 1 aromatic carbocycles. The normalized spacial score (nSPS) is 19.2. The maximum absolute atomic E-state index is 12.6. The standard InChI is InChI=1S/C16H23NO3/c1-12(2)20-15-8-4-3-7-14(15)16(19)17-9-5-6-13(10-17)11-18/h3-4,7-8,12-13,18H,5-6,9-11H2,1-2H3. The van der Waals surface area contributed by atoms with Gasteiger partial charge in [0.15, 0.2) is 0 Å². The number of aliphatic hydroxyl groups is 1. The van der Waals surface area contributed by atoms with E-state index in [4.69, 9.17) is 4.74 Å². The summed E-state index contributed by atoms with van der Waals surface area (Å²) in [7, 11) is 0. The zero-order valence-electron chi connectivity index (χ0n) is 12.2. The fraction of sp³-hybridized carbons (Fsp3) is 0.562. The molecule has 0 aromatic heterocycles. The molecule has 1 aliphatic rings. The largest absolute Gasteiger partial charge is 0.490 e. The number of hydrogen-bond acceptors (Lipinski definition) is 3. The number of ether oxygens (including phenoxy) is 1. The van der Waals surface area contributed by atoms with Crippen LogP contribution in [0.25, 0.3) is 0 Å². The molecule has 1 amide bonds. The quantitative estimate of drug-likeness (QED) is 0.919. The second-order valence-electron chi connectivity index (χ2n) is 5.60. The topological polar surface area (TPSA) is 49.8 Å². The molecule has 1 aromatic rings. The van der Waals surface area contributed by atoms with Crippen LogP contribution in [0.1, 0.15) is 37.0 Å². The molecule has 1 heterocycles. The molecule has 0 aliphatic carbocycles. The summed E-state index contributed by atoms with van der Waals surface area (Å²) >= 11 is 0. The van der Waals surface area contributed by atoms with Crippen molar-refractivity contribution in [3.05, 3.63) is 29.8 Å². The fourth-order valence-corrected chi connectivity index (χ4v) is 2.57. The Morgan fingerprint density at radius 1 is 1.45 bits per heavy atom. The van der Waals surface area contributed by atoms with Crippen molar-refractivity contribution in [2.75, 3.05) is 19.7 Å². The van der Waals surface area contributed by atoms with Crippen molar-refractivity contribution in [1.29, 1.82) is 0 Å². The summed E-state index contributed by atoms with van der Waals surface area (Å²) in [5.74, 6) is 0.837. The molecule has 20 heavy (non-hydrogen) atoms. The van der Waals surface area contributed by atoms with Gasteiger partial charge in [-0.15, -0.1) is 0 Å². The number of nitrogens with zero attached hydrogens (tertiary/aromatic N) is 1. The summed E-state index contributed by atoms with van der Waals surface area (Å²) < 4.78 is 5.71. The van der Waals surface area contributed by atoms with E-state index >= 15 is 0 Å². The highest BCUT2D eigenvalue weighted by atomic mass is 16.5. The number of carbonyl (C=O) groups excluding carboxylic acids is 1. The van der Waals surface area contributed by atoms with Crippen LogP contribution >= 0.6 is 0 Å². The van der Waals surface area contributed by atoms with Crippen molar-refractivity contribution in [3.63, 3.8) is 0 Å². The van der Waals surface area contributed by atoms with Gasteiger partial charge in [0.2, 0.25) is 0 Å². The second kappa shape index (κ2) is 6.75. The fourth-order valence-electron chi connectivity index (χ4n) is 2.57. The van der Waals surface area contributed by atoms with E-state index in [1.807, 2.05) is 43.0 Å². The van der Waals surface area contributed by atoms with E-state index < -0.39 is 0 Å². The van der Waals surface area contributed by atoms with Crippen molar-refractivity contribution in [3.8, 4) is 5.75 Å². The number of rotatable bonds is 4. The van der Waals surface area contributed by atoms with Gasteiger partial charge in [0, 0.05) is 19.7 Å². The highest BCUT2D eigenvalue weighted by Crippen LogP contribution is 2.24. The third-order valence-electron chi connectivity index (χ3n) is 3.54. The number of likely N-dealkylation sites (tertiary alicyclic amines) is 1. The van der Waals surface area contributed by atoms with E-state index in [0.29, 0.717) is 17.9 Å². The predicted molar refractivity (Wildman–Crippen MR) is 77.9 cm³/mol. The minimum absolute atomic E-state index is 0.000556. The first-order valence-corrected chi connectivity index (χ1v) is 7.27. The van der Waals surface area contributed by atoms with Crippen LogP contribution in [0.15, 0.2) is 24.3 Å². The summed E-state index contributed by atoms with van der Waals surface area (Å²) in [5, 5.41) is 9.27. The molecule has 4 heteroatoms. The van der Waals surface area contributed by atoms with Crippen molar-refractivity contribution in [2.24, 2.45) is 5.92 Å². The molecular weight excluding hydrogens is 254 g/mol. The molecule has 1 unspecified atom stereocenters. The molecule has 110 valence electrons. The first-order chi connectivity index (χ1) is 9.61. The maximum atomic E-state index is 12.6. The zero-order chi connectivity index (χ0) is 14.5. The Kier molecular flexibility index (Phi) is 5.01. The Bertz CT molecular complexity index is 459. The molecule has 1 aliphatic heterocycles. The zero-order valence-corrected chi connectivity index (χ0v) is 12.2. The number of benzene rings is 1. The van der Waals surface area contributed by atoms with Crippen LogP contribution in [0.2, 0.25) is 0 Å². The lowest BCUT2D eigenvalue weighted by atomic mass is 9.98. The summed E-state index contributed by atoms with van der Waals surface area (Å²) in [6, 6.07) is 7.37. The SMILES string of the molecule is CC(C)Oc1ccccc1C(=O)N1CCCC(CO)C1. The van der Waals surface area contributed by atoms with E-state index in [2.05, 4.69) is 0 Å². The van der Waals surface area contributed by atoms with E-state index in [-0.39, 0.29) is 24.5 Å². The van der Waals surface area contributed by atoms with Gasteiger partial charge in [0.05, 0.1) is 11.7 Å². The highest BCUT2D eigenvalue weighted by Gasteiger charge is 2.25. The summed E-state index contributed by atoms with van der Waals surface area (Å²) in [4.78, 5) is 14.5. The number of piperidine rings is 1. The van der Waals surface area contributed by atoms with E-state index in [1.165, 1.54) is 0 Å². The summed E-state index contributed by atoms with van der Waals surface area (Å²) in [6.07, 6.45) is 1.98. The molecule has 4 nitrogen and oxygen atoms in total. The minimum atomic E-state index is -0.000556. The molecule has 1 fully saturated rings. The molecular formula is C16H23NO3. The van der Waals surface area contributed by atoms with Crippen molar-refractivity contribution < 1.29 is 14.6 Å². The second-order valence-corrected chi connectivity index (χ2v) is 5.60. The van der Waals surface area contributed by atoms with Gasteiger partial charge in [-0.3, -0.25) is 4.79 Å². The van der Waals surface area contributed by atoms with E-state index in [1.54, 1.807) is 0 Å². The van der Waals surface area contributed by atoms with Gasteiger partial charge in [-0.2, -0.15) is 0 Å². The van der Waals surface area contributed by atoms with Crippen LogP contribution in [-0.4, -0.2) is 41.7 Å². The third kappa shape index (κ3) is 3.51. The smallest absolute Gasteiger partial charge is 0.257 e. The van der Waals surface area contributed by atoms with Crippen LogP contribution < -0.4 is 4.74 Å². The number of para-hydroxylation sites is 1. The van der Waals surface area contributed by atoms with Gasteiger partial charge in [-0.05, 0) is 44.7 Å². The summed E-state index contributed by atoms with van der Waals surface area (Å²) in [5.41, 5.74) is 0.611. The average Bonchev–Trinajstić information content (AvgIpc) is 2.46. The third-order valence-corrected chi connectivity index (χ3v) is 3.54. The lowest BCUT2D eigenvalue weighted by molar-refractivity contribution is 0.0615. The van der Waals surface area contributed by atoms with Gasteiger partial charge in [-0.25, -0.2) is 0 Å². The Balaban J connectivity index is 2.16. The molecule has 0 bridgehead atoms. The number of carbonyl (C=O) groups is 1. The molecule has 0 saturated carbocycles. The first kappa shape index (κ1) is 14.9. The van der Waals surface area contributed by atoms with E-state index in [9.17, 15) is 9.90 Å². The molecule has 1 N–H and O–H groups in total. The average molecular weight is 277 g/mol. The lowest BCUT2D eigenvalue weighted by Crippen LogP contribution is -2.41. The predicted octanol–water partition coefficient (Wildman–Crippen LogP) is 2.32. The van der Waals surface area contributed by atoms with Crippen molar-refractivity contribution in [1.82, 2.24) is 4.90 Å². The Hall–Kier alpha value is -1.55. The number of amides is 1. The first-order valence-electron chi connectivity index (χ1n) is 7.27. The van der Waals surface area contributed by atoms with Gasteiger partial charge >= 0.3 is 0 Å².